The highest BCUT2D eigenvalue weighted by Gasteiger charge is 2.18. The fourth-order valence-corrected chi connectivity index (χ4v) is 5.66. The Balaban J connectivity index is 1.38. The van der Waals surface area contributed by atoms with Crippen molar-refractivity contribution < 1.29 is 4.42 Å². The Morgan fingerprint density at radius 3 is 1.54 bits per heavy atom. The lowest BCUT2D eigenvalue weighted by Crippen LogP contribution is -2.00. The van der Waals surface area contributed by atoms with E-state index in [1.165, 1.54) is 0 Å². The van der Waals surface area contributed by atoms with Gasteiger partial charge in [-0.15, -0.1) is 0 Å². The molecule has 0 amide bonds. The van der Waals surface area contributed by atoms with Crippen molar-refractivity contribution in [3.05, 3.63) is 140 Å². The van der Waals surface area contributed by atoms with Gasteiger partial charge in [-0.05, 0) is 40.1 Å². The van der Waals surface area contributed by atoms with Gasteiger partial charge in [0.25, 0.3) is 0 Å². The van der Waals surface area contributed by atoms with Crippen LogP contribution in [-0.2, 0) is 0 Å². The average molecular weight is 526 g/mol. The van der Waals surface area contributed by atoms with Crippen molar-refractivity contribution in [3.8, 4) is 45.3 Å². The quantitative estimate of drug-likeness (QED) is 0.230. The van der Waals surface area contributed by atoms with E-state index in [-0.39, 0.29) is 0 Å². The Morgan fingerprint density at radius 1 is 0.341 bits per heavy atom. The second-order valence-corrected chi connectivity index (χ2v) is 10.0. The largest absolute Gasteiger partial charge is 0.456 e. The van der Waals surface area contributed by atoms with Crippen LogP contribution in [0.3, 0.4) is 0 Å². The highest BCUT2D eigenvalue weighted by atomic mass is 16.3. The summed E-state index contributed by atoms with van der Waals surface area (Å²) in [7, 11) is 0. The molecular formula is C37H23N3O. The van der Waals surface area contributed by atoms with Crippen LogP contribution in [0.5, 0.6) is 0 Å². The van der Waals surface area contributed by atoms with Crippen LogP contribution in [0.4, 0.5) is 0 Å². The lowest BCUT2D eigenvalue weighted by molar-refractivity contribution is 0.669. The van der Waals surface area contributed by atoms with Crippen LogP contribution < -0.4 is 0 Å². The van der Waals surface area contributed by atoms with Crippen LogP contribution in [0, 0.1) is 0 Å². The van der Waals surface area contributed by atoms with E-state index in [9.17, 15) is 0 Å². The number of fused-ring (bicyclic) bond motifs is 4. The molecule has 0 saturated heterocycles. The summed E-state index contributed by atoms with van der Waals surface area (Å²) in [6.45, 7) is 0. The number of hydrogen-bond acceptors (Lipinski definition) is 4. The highest BCUT2D eigenvalue weighted by Crippen LogP contribution is 2.41. The van der Waals surface area contributed by atoms with Gasteiger partial charge in [0.1, 0.15) is 11.2 Å². The number of hydrogen-bond donors (Lipinski definition) is 0. The number of aromatic nitrogens is 3. The van der Waals surface area contributed by atoms with Crippen molar-refractivity contribution in [2.45, 2.75) is 0 Å². The summed E-state index contributed by atoms with van der Waals surface area (Å²) in [5.41, 5.74) is 6.92. The standard InChI is InChI=1S/C37H23N3O/c1-3-12-24(13-4-1)35-38-36(25-14-5-2-6-15-25)40-37(39-35)30-23-22-28(26-16-7-8-17-27(26)30)29-19-11-21-33-34(29)31-18-9-10-20-32(31)41-33/h1-23H. The van der Waals surface area contributed by atoms with Crippen molar-refractivity contribution in [1.82, 2.24) is 15.0 Å². The van der Waals surface area contributed by atoms with Crippen molar-refractivity contribution in [1.29, 1.82) is 0 Å². The molecule has 0 fully saturated rings. The van der Waals surface area contributed by atoms with E-state index in [1.807, 2.05) is 78.9 Å². The monoisotopic (exact) mass is 525 g/mol. The minimum absolute atomic E-state index is 0.646. The summed E-state index contributed by atoms with van der Waals surface area (Å²) in [5, 5.41) is 4.45. The molecule has 8 rings (SSSR count). The lowest BCUT2D eigenvalue weighted by Gasteiger charge is -2.13. The molecule has 0 aliphatic heterocycles. The van der Waals surface area contributed by atoms with Gasteiger partial charge in [-0.3, -0.25) is 0 Å². The van der Waals surface area contributed by atoms with E-state index in [1.54, 1.807) is 0 Å². The molecule has 0 saturated carbocycles. The summed E-state index contributed by atoms with van der Waals surface area (Å²) < 4.78 is 6.20. The van der Waals surface area contributed by atoms with E-state index >= 15 is 0 Å². The molecule has 0 aliphatic carbocycles. The van der Waals surface area contributed by atoms with Gasteiger partial charge in [-0.25, -0.2) is 15.0 Å². The van der Waals surface area contributed by atoms with Gasteiger partial charge in [0.2, 0.25) is 0 Å². The first-order valence-electron chi connectivity index (χ1n) is 13.6. The Morgan fingerprint density at radius 2 is 0.854 bits per heavy atom. The molecule has 6 aromatic carbocycles. The fourth-order valence-electron chi connectivity index (χ4n) is 5.66. The summed E-state index contributed by atoms with van der Waals surface area (Å²) in [4.78, 5) is 14.9. The molecule has 4 heteroatoms. The third kappa shape index (κ3) is 3.97. The van der Waals surface area contributed by atoms with Gasteiger partial charge in [-0.2, -0.15) is 0 Å². The van der Waals surface area contributed by atoms with Crippen molar-refractivity contribution in [2.75, 3.05) is 0 Å². The molecule has 0 radical (unpaired) electrons. The SMILES string of the molecule is c1ccc(-c2nc(-c3ccccc3)nc(-c3ccc(-c4cccc5oc6ccccc6c45)c4ccccc34)n2)cc1. The lowest BCUT2D eigenvalue weighted by atomic mass is 9.92. The Hall–Kier alpha value is -5.61. The van der Waals surface area contributed by atoms with Crippen LogP contribution in [-0.4, -0.2) is 15.0 Å². The molecule has 4 nitrogen and oxygen atoms in total. The van der Waals surface area contributed by atoms with Crippen LogP contribution in [0.25, 0.3) is 78.0 Å². The number of benzene rings is 6. The number of para-hydroxylation sites is 1. The second kappa shape index (κ2) is 9.54. The Kier molecular flexibility index (Phi) is 5.42. The zero-order chi connectivity index (χ0) is 27.2. The molecule has 192 valence electrons. The summed E-state index contributed by atoms with van der Waals surface area (Å²) in [5.74, 6) is 1.95. The highest BCUT2D eigenvalue weighted by molar-refractivity contribution is 6.16. The maximum Gasteiger partial charge on any atom is 0.164 e. The molecule has 0 aliphatic rings. The molecule has 0 spiro atoms. The van der Waals surface area contributed by atoms with E-state index in [2.05, 4.69) is 60.7 Å². The van der Waals surface area contributed by atoms with E-state index in [0.29, 0.717) is 17.5 Å². The van der Waals surface area contributed by atoms with Crippen LogP contribution in [0.15, 0.2) is 144 Å². The van der Waals surface area contributed by atoms with Gasteiger partial charge < -0.3 is 4.42 Å². The Labute approximate surface area is 236 Å². The third-order valence-corrected chi connectivity index (χ3v) is 7.56. The van der Waals surface area contributed by atoms with E-state index in [4.69, 9.17) is 19.4 Å². The molecular weight excluding hydrogens is 502 g/mol. The first-order chi connectivity index (χ1) is 20.3. The smallest absolute Gasteiger partial charge is 0.164 e. The molecule has 0 atom stereocenters. The van der Waals surface area contributed by atoms with Crippen LogP contribution >= 0.6 is 0 Å². The minimum Gasteiger partial charge on any atom is -0.456 e. The van der Waals surface area contributed by atoms with Crippen molar-refractivity contribution in [3.63, 3.8) is 0 Å². The first-order valence-corrected chi connectivity index (χ1v) is 13.6. The Bertz CT molecular complexity index is 2140. The van der Waals surface area contributed by atoms with E-state index < -0.39 is 0 Å². The second-order valence-electron chi connectivity index (χ2n) is 10.0. The number of nitrogens with zero attached hydrogens (tertiary/aromatic N) is 3. The zero-order valence-electron chi connectivity index (χ0n) is 22.0. The first kappa shape index (κ1) is 23.3. The molecule has 41 heavy (non-hydrogen) atoms. The normalized spacial score (nSPS) is 11.4. The maximum atomic E-state index is 6.20. The molecule has 8 aromatic rings. The zero-order valence-corrected chi connectivity index (χ0v) is 22.0. The molecule has 0 N–H and O–H groups in total. The predicted octanol–water partition coefficient (Wildman–Crippen LogP) is 9.59. The maximum absolute atomic E-state index is 6.20. The van der Waals surface area contributed by atoms with Crippen LogP contribution in [0.1, 0.15) is 0 Å². The molecule has 0 bridgehead atoms. The number of rotatable bonds is 4. The van der Waals surface area contributed by atoms with Gasteiger partial charge >= 0.3 is 0 Å². The molecule has 0 unspecified atom stereocenters. The summed E-state index contributed by atoms with van der Waals surface area (Å²) >= 11 is 0. The van der Waals surface area contributed by atoms with Gasteiger partial charge in [0.15, 0.2) is 17.5 Å². The van der Waals surface area contributed by atoms with Crippen LogP contribution in [0.2, 0.25) is 0 Å². The third-order valence-electron chi connectivity index (χ3n) is 7.56. The van der Waals surface area contributed by atoms with Gasteiger partial charge in [0.05, 0.1) is 0 Å². The van der Waals surface area contributed by atoms with Gasteiger partial charge in [-0.1, -0.05) is 121 Å². The minimum atomic E-state index is 0.646. The predicted molar refractivity (Wildman–Crippen MR) is 166 cm³/mol. The average Bonchev–Trinajstić information content (AvgIpc) is 3.44. The number of furan rings is 1. The molecule has 2 aromatic heterocycles. The summed E-state index contributed by atoms with van der Waals surface area (Å²) in [6.07, 6.45) is 0. The van der Waals surface area contributed by atoms with Crippen molar-refractivity contribution >= 4 is 32.7 Å². The molecule has 2 heterocycles. The van der Waals surface area contributed by atoms with Crippen molar-refractivity contribution in [2.24, 2.45) is 0 Å². The fraction of sp³-hybridized carbons (Fsp3) is 0. The summed E-state index contributed by atoms with van der Waals surface area (Å²) in [6, 6.07) is 47.4. The topological polar surface area (TPSA) is 51.8 Å². The van der Waals surface area contributed by atoms with Gasteiger partial charge in [0, 0.05) is 27.5 Å². The van der Waals surface area contributed by atoms with E-state index in [0.717, 1.165) is 60.5 Å².